The van der Waals surface area contributed by atoms with Crippen molar-refractivity contribution in [2.45, 2.75) is 31.7 Å². The van der Waals surface area contributed by atoms with E-state index >= 15 is 0 Å². The van der Waals surface area contributed by atoms with Gasteiger partial charge in [0.25, 0.3) is 0 Å². The van der Waals surface area contributed by atoms with Gasteiger partial charge in [0.05, 0.1) is 0 Å². The first-order chi connectivity index (χ1) is 9.66. The average molecular weight is 309 g/mol. The lowest BCUT2D eigenvalue weighted by Crippen LogP contribution is -2.38. The zero-order valence-electron chi connectivity index (χ0n) is 12.6. The van der Waals surface area contributed by atoms with Crippen LogP contribution in [0.3, 0.4) is 0 Å². The molecule has 2 rings (SSSR count). The molecule has 21 heavy (non-hydrogen) atoms. The van der Waals surface area contributed by atoms with Crippen molar-refractivity contribution >= 4 is 24.4 Å². The lowest BCUT2D eigenvalue weighted by molar-refractivity contribution is -0.134. The number of rotatable bonds is 4. The summed E-state index contributed by atoms with van der Waals surface area (Å²) >= 11 is 0. The Kier molecular flexibility index (Phi) is 7.48. The van der Waals surface area contributed by atoms with E-state index in [-0.39, 0.29) is 30.3 Å². The van der Waals surface area contributed by atoms with Crippen LogP contribution in [0.5, 0.6) is 0 Å². The SMILES string of the molecule is CN(C/C=C/c1ccccc1)C(=O)[C@@H]1CCC[C@H](N)C1.Cl. The fourth-order valence-electron chi connectivity index (χ4n) is 2.76. The summed E-state index contributed by atoms with van der Waals surface area (Å²) in [5.41, 5.74) is 7.11. The van der Waals surface area contributed by atoms with Crippen LogP contribution < -0.4 is 5.73 Å². The molecule has 0 aromatic heterocycles. The second-order valence-corrected chi connectivity index (χ2v) is 5.66. The van der Waals surface area contributed by atoms with E-state index in [1.54, 1.807) is 0 Å². The standard InChI is InChI=1S/C17H24N2O.ClH/c1-19(12-6-9-14-7-3-2-4-8-14)17(20)15-10-5-11-16(18)13-15;/h2-4,6-9,15-16H,5,10-13,18H2,1H3;1H/b9-6+;/t15-,16+;/m1./s1. The third kappa shape index (κ3) is 5.52. The van der Waals surface area contributed by atoms with E-state index in [2.05, 4.69) is 18.2 Å². The van der Waals surface area contributed by atoms with Gasteiger partial charge in [0.1, 0.15) is 0 Å². The molecule has 1 saturated carbocycles. The Balaban J connectivity index is 0.00000220. The summed E-state index contributed by atoms with van der Waals surface area (Å²) < 4.78 is 0. The van der Waals surface area contributed by atoms with Gasteiger partial charge in [-0.3, -0.25) is 4.79 Å². The minimum atomic E-state index is 0. The van der Waals surface area contributed by atoms with Crippen molar-refractivity contribution in [2.75, 3.05) is 13.6 Å². The number of benzene rings is 1. The molecule has 2 N–H and O–H groups in total. The maximum Gasteiger partial charge on any atom is 0.225 e. The smallest absolute Gasteiger partial charge is 0.225 e. The maximum absolute atomic E-state index is 12.3. The lowest BCUT2D eigenvalue weighted by Gasteiger charge is -2.28. The molecule has 0 radical (unpaired) electrons. The summed E-state index contributed by atoms with van der Waals surface area (Å²) in [7, 11) is 1.87. The normalized spacial score (nSPS) is 21.8. The molecule has 2 atom stereocenters. The molecular formula is C17H25ClN2O. The van der Waals surface area contributed by atoms with E-state index < -0.39 is 0 Å². The van der Waals surface area contributed by atoms with Crippen LogP contribution in [0.4, 0.5) is 0 Å². The molecule has 0 aliphatic heterocycles. The van der Waals surface area contributed by atoms with Gasteiger partial charge >= 0.3 is 0 Å². The number of amides is 1. The highest BCUT2D eigenvalue weighted by Crippen LogP contribution is 2.24. The molecule has 116 valence electrons. The molecule has 1 aromatic carbocycles. The van der Waals surface area contributed by atoms with Gasteiger partial charge in [-0.15, -0.1) is 12.4 Å². The fraction of sp³-hybridized carbons (Fsp3) is 0.471. The number of carbonyl (C=O) groups is 1. The number of likely N-dealkylation sites (N-methyl/N-ethyl adjacent to an activating group) is 1. The molecule has 0 heterocycles. The third-order valence-corrected chi connectivity index (χ3v) is 3.93. The Morgan fingerprint density at radius 2 is 2.05 bits per heavy atom. The van der Waals surface area contributed by atoms with E-state index in [0.717, 1.165) is 31.2 Å². The molecule has 4 heteroatoms. The number of nitrogens with two attached hydrogens (primary N) is 1. The van der Waals surface area contributed by atoms with Gasteiger partial charge < -0.3 is 10.6 Å². The third-order valence-electron chi connectivity index (χ3n) is 3.93. The van der Waals surface area contributed by atoms with Crippen LogP contribution in [0.15, 0.2) is 36.4 Å². The van der Waals surface area contributed by atoms with E-state index in [4.69, 9.17) is 5.73 Å². The van der Waals surface area contributed by atoms with E-state index in [1.807, 2.05) is 36.2 Å². The zero-order chi connectivity index (χ0) is 14.4. The molecule has 1 aliphatic rings. The van der Waals surface area contributed by atoms with Gasteiger partial charge in [-0.25, -0.2) is 0 Å². The summed E-state index contributed by atoms with van der Waals surface area (Å²) in [6.07, 6.45) is 8.05. The fourth-order valence-corrected chi connectivity index (χ4v) is 2.76. The second kappa shape index (κ2) is 8.85. The summed E-state index contributed by atoms with van der Waals surface area (Å²) in [4.78, 5) is 14.1. The van der Waals surface area contributed by atoms with Crippen LogP contribution in [0, 0.1) is 5.92 Å². The Hall–Kier alpha value is -1.32. The minimum Gasteiger partial charge on any atom is -0.342 e. The molecule has 0 spiro atoms. The summed E-state index contributed by atoms with van der Waals surface area (Å²) in [6, 6.07) is 10.3. The Bertz CT molecular complexity index is 461. The van der Waals surface area contributed by atoms with Crippen LogP contribution >= 0.6 is 12.4 Å². The second-order valence-electron chi connectivity index (χ2n) is 5.66. The van der Waals surface area contributed by atoms with Gasteiger partial charge in [-0.05, 0) is 24.8 Å². The number of hydrogen-bond donors (Lipinski definition) is 1. The van der Waals surface area contributed by atoms with Crippen molar-refractivity contribution in [2.24, 2.45) is 11.7 Å². The van der Waals surface area contributed by atoms with Crippen LogP contribution in [-0.4, -0.2) is 30.4 Å². The van der Waals surface area contributed by atoms with Crippen molar-refractivity contribution in [1.82, 2.24) is 4.90 Å². The predicted molar refractivity (Wildman–Crippen MR) is 90.3 cm³/mol. The molecule has 0 bridgehead atoms. The molecule has 1 fully saturated rings. The number of nitrogens with zero attached hydrogens (tertiary/aromatic N) is 1. The molecule has 0 unspecified atom stereocenters. The lowest BCUT2D eigenvalue weighted by atomic mass is 9.85. The highest BCUT2D eigenvalue weighted by Gasteiger charge is 2.26. The molecule has 3 nitrogen and oxygen atoms in total. The molecular weight excluding hydrogens is 284 g/mol. The number of hydrogen-bond acceptors (Lipinski definition) is 2. The van der Waals surface area contributed by atoms with Crippen molar-refractivity contribution in [3.8, 4) is 0 Å². The van der Waals surface area contributed by atoms with Gasteiger partial charge in [0, 0.05) is 25.6 Å². The molecule has 1 amide bonds. The van der Waals surface area contributed by atoms with E-state index in [9.17, 15) is 4.79 Å². The van der Waals surface area contributed by atoms with Gasteiger partial charge in [-0.2, -0.15) is 0 Å². The topological polar surface area (TPSA) is 46.3 Å². The number of carbonyl (C=O) groups excluding carboxylic acids is 1. The van der Waals surface area contributed by atoms with Crippen LogP contribution in [0.2, 0.25) is 0 Å². The van der Waals surface area contributed by atoms with Crippen molar-refractivity contribution in [3.63, 3.8) is 0 Å². The number of halogens is 1. The first kappa shape index (κ1) is 17.7. The predicted octanol–water partition coefficient (Wildman–Crippen LogP) is 3.10. The zero-order valence-corrected chi connectivity index (χ0v) is 13.4. The van der Waals surface area contributed by atoms with Crippen molar-refractivity contribution < 1.29 is 4.79 Å². The Labute approximate surface area is 133 Å². The van der Waals surface area contributed by atoms with E-state index in [0.29, 0.717) is 6.54 Å². The van der Waals surface area contributed by atoms with E-state index in [1.165, 1.54) is 0 Å². The monoisotopic (exact) mass is 308 g/mol. The molecule has 1 aliphatic carbocycles. The summed E-state index contributed by atoms with van der Waals surface area (Å²) in [5, 5.41) is 0. The van der Waals surface area contributed by atoms with Crippen molar-refractivity contribution in [3.05, 3.63) is 42.0 Å². The average Bonchev–Trinajstić information content (AvgIpc) is 2.47. The Morgan fingerprint density at radius 1 is 1.33 bits per heavy atom. The highest BCUT2D eigenvalue weighted by atomic mass is 35.5. The van der Waals surface area contributed by atoms with Gasteiger partial charge in [-0.1, -0.05) is 48.9 Å². The molecule has 0 saturated heterocycles. The first-order valence-corrected chi connectivity index (χ1v) is 7.39. The Morgan fingerprint density at radius 3 is 2.71 bits per heavy atom. The minimum absolute atomic E-state index is 0. The maximum atomic E-state index is 12.3. The molecule has 1 aromatic rings. The first-order valence-electron chi connectivity index (χ1n) is 7.39. The van der Waals surface area contributed by atoms with Crippen LogP contribution in [0.1, 0.15) is 31.2 Å². The highest BCUT2D eigenvalue weighted by molar-refractivity contribution is 5.85. The van der Waals surface area contributed by atoms with Gasteiger partial charge in [0.2, 0.25) is 5.91 Å². The largest absolute Gasteiger partial charge is 0.342 e. The van der Waals surface area contributed by atoms with Crippen LogP contribution in [0.25, 0.3) is 6.08 Å². The van der Waals surface area contributed by atoms with Crippen molar-refractivity contribution in [1.29, 1.82) is 0 Å². The van der Waals surface area contributed by atoms with Crippen LogP contribution in [-0.2, 0) is 4.79 Å². The van der Waals surface area contributed by atoms with Gasteiger partial charge in [0.15, 0.2) is 0 Å². The quantitative estimate of drug-likeness (QED) is 0.929. The summed E-state index contributed by atoms with van der Waals surface area (Å²) in [6.45, 7) is 0.652. The summed E-state index contributed by atoms with van der Waals surface area (Å²) in [5.74, 6) is 0.353.